The standard InChI is InChI=1S/C17H31N3O4/c1-14(2)7-8-15(21)19-10-12-20(13-11-19)17(23)18-9-5-4-6-16(22)24-3/h14H,4-13H2,1-3H3,(H,18,23). The molecule has 1 saturated heterocycles. The number of ether oxygens (including phenoxy) is 1. The molecule has 0 bridgehead atoms. The second-order valence-electron chi connectivity index (χ2n) is 6.57. The topological polar surface area (TPSA) is 79.0 Å². The molecule has 0 radical (unpaired) electrons. The molecule has 0 spiro atoms. The van der Waals surface area contributed by atoms with E-state index in [0.29, 0.717) is 57.9 Å². The molecule has 7 heteroatoms. The van der Waals surface area contributed by atoms with Gasteiger partial charge in [0.2, 0.25) is 5.91 Å². The van der Waals surface area contributed by atoms with Gasteiger partial charge >= 0.3 is 12.0 Å². The normalized spacial score (nSPS) is 14.7. The van der Waals surface area contributed by atoms with Crippen molar-refractivity contribution in [1.29, 1.82) is 0 Å². The van der Waals surface area contributed by atoms with E-state index in [0.717, 1.165) is 12.8 Å². The number of piperazine rings is 1. The molecule has 0 aliphatic carbocycles. The van der Waals surface area contributed by atoms with Crippen LogP contribution in [0.4, 0.5) is 4.79 Å². The second kappa shape index (κ2) is 10.9. The SMILES string of the molecule is COC(=O)CCCCNC(=O)N1CCN(C(=O)CCC(C)C)CC1. The molecule has 3 amide bonds. The Labute approximate surface area is 144 Å². The number of amides is 3. The summed E-state index contributed by atoms with van der Waals surface area (Å²) in [6, 6.07) is -0.0950. The predicted molar refractivity (Wildman–Crippen MR) is 91.5 cm³/mol. The van der Waals surface area contributed by atoms with Crippen LogP contribution in [0.1, 0.15) is 46.0 Å². The van der Waals surface area contributed by atoms with Gasteiger partial charge in [0.1, 0.15) is 0 Å². The first-order valence-corrected chi connectivity index (χ1v) is 8.81. The van der Waals surface area contributed by atoms with Crippen LogP contribution in [-0.4, -0.2) is 67.5 Å². The minimum Gasteiger partial charge on any atom is -0.469 e. The molecule has 0 aromatic rings. The van der Waals surface area contributed by atoms with Crippen molar-refractivity contribution in [3.63, 3.8) is 0 Å². The summed E-state index contributed by atoms with van der Waals surface area (Å²) in [5.41, 5.74) is 0. The molecule has 138 valence electrons. The lowest BCUT2D eigenvalue weighted by molar-refractivity contribution is -0.140. The number of methoxy groups -OCH3 is 1. The molecule has 0 atom stereocenters. The number of urea groups is 1. The van der Waals surface area contributed by atoms with Crippen LogP contribution in [0.3, 0.4) is 0 Å². The molecule has 1 fully saturated rings. The number of nitrogens with one attached hydrogen (secondary N) is 1. The third kappa shape index (κ3) is 7.66. The summed E-state index contributed by atoms with van der Waals surface area (Å²) >= 11 is 0. The summed E-state index contributed by atoms with van der Waals surface area (Å²) in [5.74, 6) is 0.492. The number of hydrogen-bond donors (Lipinski definition) is 1. The molecule has 7 nitrogen and oxygen atoms in total. The zero-order valence-corrected chi connectivity index (χ0v) is 15.2. The third-order valence-electron chi connectivity index (χ3n) is 4.17. The monoisotopic (exact) mass is 341 g/mol. The van der Waals surface area contributed by atoms with Crippen molar-refractivity contribution in [3.8, 4) is 0 Å². The highest BCUT2D eigenvalue weighted by Gasteiger charge is 2.23. The lowest BCUT2D eigenvalue weighted by Crippen LogP contribution is -2.53. The zero-order valence-electron chi connectivity index (χ0n) is 15.2. The number of nitrogens with zero attached hydrogens (tertiary/aromatic N) is 2. The number of unbranched alkanes of at least 4 members (excludes halogenated alkanes) is 1. The summed E-state index contributed by atoms with van der Waals surface area (Å²) in [6.07, 6.45) is 3.32. The Hall–Kier alpha value is -1.79. The maximum absolute atomic E-state index is 12.1. The second-order valence-corrected chi connectivity index (χ2v) is 6.57. The molecule has 24 heavy (non-hydrogen) atoms. The van der Waals surface area contributed by atoms with Crippen LogP contribution < -0.4 is 5.32 Å². The first-order chi connectivity index (χ1) is 11.4. The first kappa shape index (κ1) is 20.3. The fourth-order valence-electron chi connectivity index (χ4n) is 2.53. The van der Waals surface area contributed by atoms with E-state index in [4.69, 9.17) is 0 Å². The molecular weight excluding hydrogens is 310 g/mol. The molecule has 1 aliphatic rings. The average Bonchev–Trinajstić information content (AvgIpc) is 2.58. The fraction of sp³-hybridized carbons (Fsp3) is 0.824. The Morgan fingerprint density at radius 1 is 1.00 bits per heavy atom. The van der Waals surface area contributed by atoms with Crippen molar-refractivity contribution in [2.24, 2.45) is 5.92 Å². The average molecular weight is 341 g/mol. The van der Waals surface area contributed by atoms with E-state index >= 15 is 0 Å². The predicted octanol–water partition coefficient (Wildman–Crippen LogP) is 1.62. The van der Waals surface area contributed by atoms with Crippen LogP contribution >= 0.6 is 0 Å². The summed E-state index contributed by atoms with van der Waals surface area (Å²) in [5, 5.41) is 2.86. The van der Waals surface area contributed by atoms with Crippen LogP contribution in [0.15, 0.2) is 0 Å². The number of carbonyl (C=O) groups is 3. The van der Waals surface area contributed by atoms with Gasteiger partial charge in [-0.15, -0.1) is 0 Å². The third-order valence-corrected chi connectivity index (χ3v) is 4.17. The Bertz CT molecular complexity index is 418. The Morgan fingerprint density at radius 2 is 1.62 bits per heavy atom. The van der Waals surface area contributed by atoms with Crippen molar-refractivity contribution >= 4 is 17.9 Å². The van der Waals surface area contributed by atoms with Gasteiger partial charge in [0.25, 0.3) is 0 Å². The molecule has 1 heterocycles. The number of carbonyl (C=O) groups excluding carboxylic acids is 3. The smallest absolute Gasteiger partial charge is 0.317 e. The van der Waals surface area contributed by atoms with Gasteiger partial charge in [-0.2, -0.15) is 0 Å². The van der Waals surface area contributed by atoms with E-state index in [-0.39, 0.29) is 17.9 Å². The molecule has 1 aliphatic heterocycles. The number of rotatable bonds is 8. The summed E-state index contributed by atoms with van der Waals surface area (Å²) in [4.78, 5) is 38.7. The van der Waals surface area contributed by atoms with E-state index in [1.807, 2.05) is 4.90 Å². The van der Waals surface area contributed by atoms with Gasteiger partial charge in [-0.1, -0.05) is 13.8 Å². The van der Waals surface area contributed by atoms with E-state index in [9.17, 15) is 14.4 Å². The maximum Gasteiger partial charge on any atom is 0.317 e. The van der Waals surface area contributed by atoms with E-state index in [2.05, 4.69) is 23.9 Å². The molecular formula is C17H31N3O4. The van der Waals surface area contributed by atoms with Gasteiger partial charge in [-0.25, -0.2) is 4.79 Å². The van der Waals surface area contributed by atoms with E-state index < -0.39 is 0 Å². The fourth-order valence-corrected chi connectivity index (χ4v) is 2.53. The van der Waals surface area contributed by atoms with Crippen molar-refractivity contribution < 1.29 is 19.1 Å². The van der Waals surface area contributed by atoms with Gasteiger partial charge in [0.15, 0.2) is 0 Å². The van der Waals surface area contributed by atoms with Crippen LogP contribution in [0.25, 0.3) is 0 Å². The summed E-state index contributed by atoms with van der Waals surface area (Å²) in [6.45, 7) is 7.12. The van der Waals surface area contributed by atoms with Crippen LogP contribution in [0.2, 0.25) is 0 Å². The molecule has 0 aromatic carbocycles. The van der Waals surface area contributed by atoms with Gasteiger partial charge in [-0.3, -0.25) is 9.59 Å². The minimum absolute atomic E-state index is 0.0950. The number of esters is 1. The van der Waals surface area contributed by atoms with Gasteiger partial charge < -0.3 is 19.9 Å². The van der Waals surface area contributed by atoms with Gasteiger partial charge in [0, 0.05) is 45.6 Å². The van der Waals surface area contributed by atoms with Crippen molar-refractivity contribution in [1.82, 2.24) is 15.1 Å². The highest BCUT2D eigenvalue weighted by atomic mass is 16.5. The largest absolute Gasteiger partial charge is 0.469 e. The Balaban J connectivity index is 2.16. The lowest BCUT2D eigenvalue weighted by Gasteiger charge is -2.35. The van der Waals surface area contributed by atoms with Crippen LogP contribution in [0.5, 0.6) is 0 Å². The van der Waals surface area contributed by atoms with E-state index in [1.165, 1.54) is 7.11 Å². The lowest BCUT2D eigenvalue weighted by atomic mass is 10.1. The highest BCUT2D eigenvalue weighted by molar-refractivity contribution is 5.77. The maximum atomic E-state index is 12.1. The highest BCUT2D eigenvalue weighted by Crippen LogP contribution is 2.09. The molecule has 0 unspecified atom stereocenters. The summed E-state index contributed by atoms with van der Waals surface area (Å²) in [7, 11) is 1.37. The van der Waals surface area contributed by atoms with Crippen molar-refractivity contribution in [2.45, 2.75) is 46.0 Å². The van der Waals surface area contributed by atoms with Crippen LogP contribution in [-0.2, 0) is 14.3 Å². The van der Waals surface area contributed by atoms with E-state index in [1.54, 1.807) is 4.90 Å². The summed E-state index contributed by atoms with van der Waals surface area (Å²) < 4.78 is 4.57. The van der Waals surface area contributed by atoms with Crippen LogP contribution in [0, 0.1) is 5.92 Å². The van der Waals surface area contributed by atoms with Gasteiger partial charge in [-0.05, 0) is 25.2 Å². The molecule has 1 rings (SSSR count). The van der Waals surface area contributed by atoms with Crippen molar-refractivity contribution in [2.75, 3.05) is 39.8 Å². The Kier molecular flexibility index (Phi) is 9.19. The quantitative estimate of drug-likeness (QED) is 0.537. The number of hydrogen-bond acceptors (Lipinski definition) is 4. The first-order valence-electron chi connectivity index (χ1n) is 8.81. The minimum atomic E-state index is -0.223. The molecule has 0 aromatic heterocycles. The molecule has 0 saturated carbocycles. The molecule has 1 N–H and O–H groups in total. The zero-order chi connectivity index (χ0) is 17.9. The van der Waals surface area contributed by atoms with Crippen molar-refractivity contribution in [3.05, 3.63) is 0 Å². The van der Waals surface area contributed by atoms with Gasteiger partial charge in [0.05, 0.1) is 7.11 Å². The Morgan fingerprint density at radius 3 is 2.21 bits per heavy atom.